The fraction of sp³-hybridized carbons (Fsp3) is 0.0986. The van der Waals surface area contributed by atoms with Crippen LogP contribution in [0.5, 0.6) is 0 Å². The van der Waals surface area contributed by atoms with Gasteiger partial charge in [0, 0.05) is 0 Å². The van der Waals surface area contributed by atoms with Crippen LogP contribution in [0.2, 0.25) is 0 Å². The van der Waals surface area contributed by atoms with Gasteiger partial charge in [-0.1, -0.05) is 169 Å². The quantitative estimate of drug-likeness (QED) is 0.122. The van der Waals surface area contributed by atoms with Gasteiger partial charge in [-0.05, 0) is 245 Å². The molecule has 0 unspecified atom stereocenters. The molecule has 71 heavy (non-hydrogen) atoms. The molecule has 332 valence electrons. The first kappa shape index (κ1) is 39.5. The van der Waals surface area contributed by atoms with Crippen LogP contribution >= 0.6 is 0 Å². The van der Waals surface area contributed by atoms with Crippen molar-refractivity contribution in [3.05, 3.63) is 203 Å². The molecule has 0 amide bonds. The van der Waals surface area contributed by atoms with E-state index >= 15 is 0 Å². The van der Waals surface area contributed by atoms with Gasteiger partial charge in [-0.3, -0.25) is 0 Å². The first-order valence-electron chi connectivity index (χ1n) is 25.4. The Hall–Kier alpha value is -8.32. The third-order valence-electron chi connectivity index (χ3n) is 17.7. The smallest absolute Gasteiger partial charge is 0.000740 e. The van der Waals surface area contributed by atoms with Crippen LogP contribution in [0.3, 0.4) is 0 Å². The normalized spacial score (nSPS) is 12.7. The average Bonchev–Trinajstić information content (AvgIpc) is 4.05. The minimum atomic E-state index is 1.27. The van der Waals surface area contributed by atoms with Gasteiger partial charge in [0.2, 0.25) is 0 Å². The van der Waals surface area contributed by atoms with Crippen molar-refractivity contribution in [1.82, 2.24) is 0 Å². The summed E-state index contributed by atoms with van der Waals surface area (Å²) in [6.45, 7) is 16.0. The number of hydrogen-bond acceptors (Lipinski definition) is 0. The Morgan fingerprint density at radius 3 is 1.11 bits per heavy atom. The Bertz CT molecular complexity index is 4660. The van der Waals surface area contributed by atoms with Crippen LogP contribution in [0.1, 0.15) is 38.9 Å². The summed E-state index contributed by atoms with van der Waals surface area (Å²) < 4.78 is 0. The lowest BCUT2D eigenvalue weighted by molar-refractivity contribution is 1.34. The van der Waals surface area contributed by atoms with E-state index < -0.39 is 0 Å². The molecule has 0 bridgehead atoms. The monoisotopic (exact) mass is 900 g/mol. The second kappa shape index (κ2) is 13.5. The molecule has 0 fully saturated rings. The molecule has 16 rings (SSSR count). The summed E-state index contributed by atoms with van der Waals surface area (Å²) in [5.74, 6) is 0. The summed E-state index contributed by atoms with van der Waals surface area (Å²) in [5.41, 5.74) is 22.6. The minimum Gasteiger partial charge on any atom is -0.0616 e. The molecule has 15 aromatic rings. The zero-order chi connectivity index (χ0) is 47.5. The van der Waals surface area contributed by atoms with Crippen LogP contribution in [-0.4, -0.2) is 0 Å². The summed E-state index contributed by atoms with van der Waals surface area (Å²) in [5, 5.41) is 27.3. The van der Waals surface area contributed by atoms with E-state index in [1.54, 1.807) is 0 Å². The molecule has 0 saturated carbocycles. The lowest BCUT2D eigenvalue weighted by atomic mass is 9.82. The van der Waals surface area contributed by atoms with Crippen molar-refractivity contribution in [2.45, 2.75) is 48.5 Å². The van der Waals surface area contributed by atoms with Crippen LogP contribution in [0, 0.1) is 48.5 Å². The number of fused-ring (bicyclic) bond motifs is 12. The molecule has 0 spiro atoms. The van der Waals surface area contributed by atoms with Crippen molar-refractivity contribution in [3.8, 4) is 55.6 Å². The van der Waals surface area contributed by atoms with E-state index in [4.69, 9.17) is 0 Å². The molecule has 0 aromatic heterocycles. The summed E-state index contributed by atoms with van der Waals surface area (Å²) in [7, 11) is 0. The zero-order valence-electron chi connectivity index (χ0n) is 41.1. The van der Waals surface area contributed by atoms with Gasteiger partial charge in [0.1, 0.15) is 0 Å². The third-order valence-corrected chi connectivity index (χ3v) is 17.7. The van der Waals surface area contributed by atoms with Crippen molar-refractivity contribution in [1.29, 1.82) is 0 Å². The third kappa shape index (κ3) is 4.81. The average molecular weight is 901 g/mol. The lowest BCUT2D eigenvalue weighted by Gasteiger charge is -2.21. The highest BCUT2D eigenvalue weighted by atomic mass is 14.4. The van der Waals surface area contributed by atoms with Gasteiger partial charge >= 0.3 is 0 Å². The van der Waals surface area contributed by atoms with Gasteiger partial charge in [0.15, 0.2) is 0 Å². The van der Waals surface area contributed by atoms with E-state index in [0.29, 0.717) is 0 Å². The molecule has 1 aliphatic rings. The van der Waals surface area contributed by atoms with Gasteiger partial charge in [0.25, 0.3) is 0 Å². The van der Waals surface area contributed by atoms with Crippen LogP contribution in [0.4, 0.5) is 0 Å². The fourth-order valence-electron chi connectivity index (χ4n) is 14.2. The number of aryl methyl sites for hydroxylation is 7. The van der Waals surface area contributed by atoms with Crippen molar-refractivity contribution in [2.75, 3.05) is 0 Å². The molecule has 0 N–H and O–H groups in total. The fourth-order valence-corrected chi connectivity index (χ4v) is 14.2. The second-order valence-electron chi connectivity index (χ2n) is 21.3. The molecule has 0 heterocycles. The summed E-state index contributed by atoms with van der Waals surface area (Å²) >= 11 is 0. The Kier molecular flexibility index (Phi) is 7.52. The van der Waals surface area contributed by atoms with Crippen molar-refractivity contribution in [3.63, 3.8) is 0 Å². The van der Waals surface area contributed by atoms with E-state index in [1.807, 2.05) is 0 Å². The van der Waals surface area contributed by atoms with E-state index in [1.165, 1.54) is 202 Å². The summed E-state index contributed by atoms with van der Waals surface area (Å²) in [4.78, 5) is 0. The zero-order valence-corrected chi connectivity index (χ0v) is 41.1. The van der Waals surface area contributed by atoms with Crippen LogP contribution in [0.15, 0.2) is 164 Å². The molecule has 0 aliphatic heterocycles. The van der Waals surface area contributed by atoms with Gasteiger partial charge in [-0.25, -0.2) is 0 Å². The summed E-state index contributed by atoms with van der Waals surface area (Å²) in [6, 6.07) is 63.8. The molecular weight excluding hydrogens is 853 g/mol. The molecule has 0 atom stereocenters. The molecule has 15 aromatic carbocycles. The van der Waals surface area contributed by atoms with Gasteiger partial charge in [-0.2, -0.15) is 0 Å². The van der Waals surface area contributed by atoms with Gasteiger partial charge in [0.05, 0.1) is 0 Å². The Morgan fingerprint density at radius 2 is 0.592 bits per heavy atom. The summed E-state index contributed by atoms with van der Waals surface area (Å²) in [6.07, 6.45) is 0. The number of rotatable bonds is 3. The van der Waals surface area contributed by atoms with E-state index in [0.717, 1.165) is 0 Å². The highest BCUT2D eigenvalue weighted by molar-refractivity contribution is 6.46. The SMILES string of the molecule is Cc1ccc(-c2ccc3c4ccc5c6c(C)c7c8ccc9c%10c(ccc(c7c(C)c6c6ccc(c7cccc2c73)c4c65)c%108)-c2c-9c(-c3ccc(C)c(C)c3)c3ccccc3c2-c2ccc(C)c(C)c2)cc1. The molecule has 0 radical (unpaired) electrons. The van der Waals surface area contributed by atoms with E-state index in [2.05, 4.69) is 212 Å². The predicted molar refractivity (Wildman–Crippen MR) is 309 cm³/mol. The van der Waals surface area contributed by atoms with Gasteiger partial charge in [-0.15, -0.1) is 0 Å². The highest BCUT2D eigenvalue weighted by Crippen LogP contribution is 2.61. The molecule has 0 nitrogen and oxygen atoms in total. The second-order valence-corrected chi connectivity index (χ2v) is 21.3. The maximum atomic E-state index is 2.49. The molecular formula is C71H48. The topological polar surface area (TPSA) is 0 Å². The molecule has 0 saturated heterocycles. The maximum Gasteiger partial charge on any atom is -0.000740 e. The van der Waals surface area contributed by atoms with Crippen molar-refractivity contribution < 1.29 is 0 Å². The first-order valence-corrected chi connectivity index (χ1v) is 25.4. The van der Waals surface area contributed by atoms with Crippen molar-refractivity contribution in [2.24, 2.45) is 0 Å². The van der Waals surface area contributed by atoms with Crippen LogP contribution in [-0.2, 0) is 0 Å². The molecule has 0 heteroatoms. The van der Waals surface area contributed by atoms with E-state index in [9.17, 15) is 0 Å². The highest BCUT2D eigenvalue weighted by Gasteiger charge is 2.34. The number of benzene rings is 13. The minimum absolute atomic E-state index is 1.27. The predicted octanol–water partition coefficient (Wildman–Crippen LogP) is 20.3. The standard InChI is InChI=1S/C71H48/c1-35-15-19-42(20-16-35)45-23-24-50-52-26-28-54-60-41(7)62-56-30-32-58-69-57(31-29-55(68(56)69)61(62)40(6)59(60)53-27-25-51(66(52)67(53)54)49-14-10-13-46(45)65(49)50)70-63(43-21-17-36(2)38(4)33-43)47-11-8-9-12-48(47)64(71(58)70)44-22-18-37(3)39(5)34-44/h8-34H,1-7H3. The van der Waals surface area contributed by atoms with Crippen LogP contribution in [0.25, 0.3) is 163 Å². The molecule has 1 aliphatic carbocycles. The first-order chi connectivity index (χ1) is 34.7. The number of hydrogen-bond donors (Lipinski definition) is 0. The van der Waals surface area contributed by atoms with Crippen molar-refractivity contribution >= 4 is 108 Å². The largest absolute Gasteiger partial charge is 0.0616 e. The Balaban J connectivity index is 1.00. The lowest BCUT2D eigenvalue weighted by Crippen LogP contribution is -1.95. The Labute approximate surface area is 412 Å². The Morgan fingerprint density at radius 1 is 0.211 bits per heavy atom. The maximum absolute atomic E-state index is 2.49. The van der Waals surface area contributed by atoms with Gasteiger partial charge < -0.3 is 0 Å². The van der Waals surface area contributed by atoms with Crippen LogP contribution < -0.4 is 0 Å². The van der Waals surface area contributed by atoms with E-state index in [-0.39, 0.29) is 0 Å².